The van der Waals surface area contributed by atoms with E-state index in [1.807, 2.05) is 0 Å². The first-order chi connectivity index (χ1) is 16.6. The largest absolute Gasteiger partial charge is 0.481 e. The number of pyridine rings is 1. The molecule has 3 aromatic rings. The summed E-state index contributed by atoms with van der Waals surface area (Å²) in [6.45, 7) is 4.20. The number of rotatable bonds is 4. The number of allylic oxidation sites excluding steroid dienone is 1. The van der Waals surface area contributed by atoms with Gasteiger partial charge in [-0.05, 0) is 37.7 Å². The minimum atomic E-state index is -2.70. The highest BCUT2D eigenvalue weighted by Gasteiger charge is 2.40. The molecule has 0 saturated carbocycles. The average molecular weight is 438 g/mol. The molecule has 10 heteroatoms. The van der Waals surface area contributed by atoms with Gasteiger partial charge in [-0.2, -0.15) is 10.2 Å². The van der Waals surface area contributed by atoms with Crippen LogP contribution in [0.5, 0.6) is 5.88 Å². The summed E-state index contributed by atoms with van der Waals surface area (Å²) in [5.74, 6) is -0.0784. The lowest BCUT2D eigenvalue weighted by atomic mass is 10.00. The molecule has 4 heterocycles. The molecule has 32 heavy (non-hydrogen) atoms. The zero-order chi connectivity index (χ0) is 24.9. The number of hydrogen-bond donors (Lipinski definition) is 0. The average Bonchev–Trinajstić information content (AvgIpc) is 3.52. The Morgan fingerprint density at radius 2 is 1.97 bits per heavy atom. The predicted octanol–water partition coefficient (Wildman–Crippen LogP) is 2.39. The van der Waals surface area contributed by atoms with Gasteiger partial charge in [0.05, 0.1) is 46.7 Å². The van der Waals surface area contributed by atoms with Crippen molar-refractivity contribution in [3.8, 4) is 11.6 Å². The van der Waals surface area contributed by atoms with E-state index in [0.29, 0.717) is 42.4 Å². The molecule has 1 amide bonds. The maximum atomic E-state index is 13.9. The zero-order valence-electron chi connectivity index (χ0n) is 20.5. The van der Waals surface area contributed by atoms with Crippen molar-refractivity contribution in [2.24, 2.45) is 11.8 Å². The summed E-state index contributed by atoms with van der Waals surface area (Å²) >= 11 is 0. The number of carbonyl (C=O) groups excluding carboxylic acids is 1. The topological polar surface area (TPSA) is 98.9 Å². The van der Waals surface area contributed by atoms with Gasteiger partial charge in [-0.3, -0.25) is 4.79 Å². The maximum Gasteiger partial charge on any atom is 0.256 e. The van der Waals surface area contributed by atoms with E-state index in [4.69, 9.17) is 8.85 Å². The third-order valence-corrected chi connectivity index (χ3v) is 5.97. The Balaban J connectivity index is 1.40. The highest BCUT2D eigenvalue weighted by molar-refractivity contribution is 5.98. The van der Waals surface area contributed by atoms with E-state index in [-0.39, 0.29) is 29.2 Å². The number of hydrogen-bond acceptors (Lipinski definition) is 7. The summed E-state index contributed by atoms with van der Waals surface area (Å²) in [6, 6.07) is 1.31. The van der Waals surface area contributed by atoms with Gasteiger partial charge in [0.1, 0.15) is 5.69 Å². The van der Waals surface area contributed by atoms with E-state index in [2.05, 4.69) is 31.2 Å². The molecule has 0 radical (unpaired) electrons. The predicted molar refractivity (Wildman–Crippen MR) is 113 cm³/mol. The van der Waals surface area contributed by atoms with Crippen LogP contribution >= 0.6 is 0 Å². The van der Waals surface area contributed by atoms with Gasteiger partial charge < -0.3 is 9.64 Å². The number of amides is 1. The van der Waals surface area contributed by atoms with Crippen molar-refractivity contribution in [3.05, 3.63) is 59.3 Å². The van der Waals surface area contributed by atoms with Gasteiger partial charge in [0.2, 0.25) is 5.88 Å². The molecule has 1 saturated heterocycles. The van der Waals surface area contributed by atoms with Crippen LogP contribution in [0.15, 0.2) is 30.7 Å². The van der Waals surface area contributed by atoms with Crippen LogP contribution in [0.3, 0.4) is 0 Å². The van der Waals surface area contributed by atoms with Crippen LogP contribution in [-0.4, -0.2) is 60.9 Å². The second kappa shape index (κ2) is 7.77. The summed E-state index contributed by atoms with van der Waals surface area (Å²) in [5, 5.41) is 8.15. The zero-order valence-corrected chi connectivity index (χ0v) is 17.5. The number of ether oxygens (including phenoxy) is 1. The first kappa shape index (κ1) is 16.9. The molecular weight excluding hydrogens is 413 g/mol. The fourth-order valence-corrected chi connectivity index (χ4v) is 4.41. The maximum absolute atomic E-state index is 13.9. The van der Waals surface area contributed by atoms with E-state index < -0.39 is 12.9 Å². The number of aromatic nitrogens is 6. The molecule has 2 atom stereocenters. The highest BCUT2D eigenvalue weighted by Crippen LogP contribution is 2.41. The Kier molecular flexibility index (Phi) is 4.11. The van der Waals surface area contributed by atoms with Crippen molar-refractivity contribution >= 4 is 11.5 Å². The third kappa shape index (κ3) is 3.41. The summed E-state index contributed by atoms with van der Waals surface area (Å²) in [6.07, 6.45) is 7.00. The molecule has 1 aliphatic heterocycles. The van der Waals surface area contributed by atoms with Crippen molar-refractivity contribution in [2.45, 2.75) is 20.3 Å². The van der Waals surface area contributed by atoms with Crippen LogP contribution in [0.4, 0.5) is 4.39 Å². The number of carbonyl (C=O) groups is 1. The van der Waals surface area contributed by atoms with Crippen molar-refractivity contribution in [1.82, 2.24) is 34.8 Å². The molecule has 0 bridgehead atoms. The van der Waals surface area contributed by atoms with Crippen LogP contribution < -0.4 is 4.74 Å². The lowest BCUT2D eigenvalue weighted by molar-refractivity contribution is 0.0784. The molecule has 0 spiro atoms. The normalized spacial score (nSPS) is 21.5. The standard InChI is InChI=1S/C22H22FN7O2/c1-12-20(23)13(2)28-21(27-12)14-6-15-10-29(11-16(15)7-14)22(31)17-8-19(32-3)24-9-18(17)30-25-4-5-26-30/h4-6,8-9,15-16H,7,10-11H2,1-3H3/i3D3. The van der Waals surface area contributed by atoms with Crippen LogP contribution in [-0.2, 0) is 0 Å². The Labute approximate surface area is 188 Å². The van der Waals surface area contributed by atoms with Gasteiger partial charge >= 0.3 is 0 Å². The van der Waals surface area contributed by atoms with Gasteiger partial charge in [-0.15, -0.1) is 4.80 Å². The number of likely N-dealkylation sites (tertiary alicyclic amines) is 1. The molecule has 1 fully saturated rings. The van der Waals surface area contributed by atoms with Gasteiger partial charge in [0.25, 0.3) is 5.91 Å². The second-order valence-corrected chi connectivity index (χ2v) is 8.02. The van der Waals surface area contributed by atoms with Gasteiger partial charge in [0.15, 0.2) is 11.6 Å². The van der Waals surface area contributed by atoms with Gasteiger partial charge in [0, 0.05) is 19.2 Å². The van der Waals surface area contributed by atoms with Crippen LogP contribution in [0.2, 0.25) is 0 Å². The second-order valence-electron chi connectivity index (χ2n) is 8.02. The molecule has 2 aliphatic rings. The lowest BCUT2D eigenvalue weighted by Gasteiger charge is -2.19. The number of aryl methyl sites for hydroxylation is 2. The number of nitrogens with zero attached hydrogens (tertiary/aromatic N) is 7. The highest BCUT2D eigenvalue weighted by atomic mass is 19.1. The monoisotopic (exact) mass is 438 g/mol. The van der Waals surface area contributed by atoms with E-state index in [9.17, 15) is 9.18 Å². The van der Waals surface area contributed by atoms with E-state index >= 15 is 0 Å². The van der Waals surface area contributed by atoms with Crippen LogP contribution in [0.25, 0.3) is 11.3 Å². The molecule has 0 N–H and O–H groups in total. The van der Waals surface area contributed by atoms with Crippen molar-refractivity contribution < 1.29 is 18.0 Å². The van der Waals surface area contributed by atoms with Crippen LogP contribution in [0, 0.1) is 31.5 Å². The molecule has 1 aliphatic carbocycles. The fourth-order valence-electron chi connectivity index (χ4n) is 4.41. The van der Waals surface area contributed by atoms with Crippen LogP contribution in [0.1, 0.15) is 38.1 Å². The molecule has 3 aromatic heterocycles. The molecule has 9 nitrogen and oxygen atoms in total. The number of methoxy groups -OCH3 is 1. The SMILES string of the molecule is [2H]C([2H])([2H])Oc1cc(C(=O)N2CC3C=C(c4nc(C)c(F)c(C)n4)CC3C2)c(-n2nccn2)cn1. The number of fused-ring (bicyclic) bond motifs is 1. The Morgan fingerprint density at radius 3 is 2.66 bits per heavy atom. The van der Waals surface area contributed by atoms with Gasteiger partial charge in [-0.1, -0.05) is 6.08 Å². The molecule has 2 unspecified atom stereocenters. The molecule has 164 valence electrons. The first-order valence-corrected chi connectivity index (χ1v) is 10.2. The fraction of sp³-hybridized carbons (Fsp3) is 0.364. The summed E-state index contributed by atoms with van der Waals surface area (Å²) in [5.41, 5.74) is 2.09. The third-order valence-electron chi connectivity index (χ3n) is 5.97. The Hall–Kier alpha value is -3.69. The minimum absolute atomic E-state index is 0.106. The van der Waals surface area contributed by atoms with E-state index in [1.165, 1.54) is 29.5 Å². The van der Waals surface area contributed by atoms with Gasteiger partial charge in [-0.25, -0.2) is 19.3 Å². The first-order valence-electron chi connectivity index (χ1n) is 11.7. The minimum Gasteiger partial charge on any atom is -0.481 e. The number of halogens is 1. The summed E-state index contributed by atoms with van der Waals surface area (Å²) < 4.78 is 40.8. The van der Waals surface area contributed by atoms with Crippen molar-refractivity contribution in [3.63, 3.8) is 0 Å². The Bertz CT molecular complexity index is 1300. The van der Waals surface area contributed by atoms with E-state index in [0.717, 1.165) is 5.57 Å². The Morgan fingerprint density at radius 1 is 1.22 bits per heavy atom. The smallest absolute Gasteiger partial charge is 0.256 e. The lowest BCUT2D eigenvalue weighted by Crippen LogP contribution is -2.30. The van der Waals surface area contributed by atoms with E-state index in [1.54, 1.807) is 18.7 Å². The summed E-state index contributed by atoms with van der Waals surface area (Å²) in [4.78, 5) is 29.1. The van der Waals surface area contributed by atoms with Crippen molar-refractivity contribution in [2.75, 3.05) is 20.1 Å². The molecule has 0 aromatic carbocycles. The summed E-state index contributed by atoms with van der Waals surface area (Å²) in [7, 11) is -2.70. The van der Waals surface area contributed by atoms with Crippen molar-refractivity contribution in [1.29, 1.82) is 0 Å². The quantitative estimate of drug-likeness (QED) is 0.617. The molecular formula is C22H22FN7O2. The molecule has 5 rings (SSSR count).